The number of rotatable bonds is 5. The zero-order valence-corrected chi connectivity index (χ0v) is 15.1. The zero-order chi connectivity index (χ0) is 18.3. The first kappa shape index (κ1) is 16.6. The maximum absolute atomic E-state index is 12.1. The lowest BCUT2D eigenvalue weighted by molar-refractivity contribution is -0.130. The van der Waals surface area contributed by atoms with E-state index in [-0.39, 0.29) is 18.5 Å². The lowest BCUT2D eigenvalue weighted by Gasteiger charge is -2.15. The molecule has 0 radical (unpaired) electrons. The second-order valence-electron chi connectivity index (χ2n) is 6.48. The van der Waals surface area contributed by atoms with Gasteiger partial charge in [0.1, 0.15) is 5.54 Å². The summed E-state index contributed by atoms with van der Waals surface area (Å²) in [7, 11) is 0. The molecule has 3 heterocycles. The monoisotopic (exact) mass is 371 g/mol. The van der Waals surface area contributed by atoms with Gasteiger partial charge >= 0.3 is 6.03 Å². The van der Waals surface area contributed by atoms with Crippen LogP contribution < -0.4 is 5.32 Å². The molecule has 3 aromatic rings. The fourth-order valence-electron chi connectivity index (χ4n) is 2.87. The highest BCUT2D eigenvalue weighted by Gasteiger charge is 2.43. The molecule has 0 bridgehead atoms. The first-order valence-corrected chi connectivity index (χ1v) is 9.11. The summed E-state index contributed by atoms with van der Waals surface area (Å²) in [4.78, 5) is 28.4. The van der Waals surface area contributed by atoms with Gasteiger partial charge in [0.15, 0.2) is 0 Å². The number of para-hydroxylation sites is 1. The highest BCUT2D eigenvalue weighted by atomic mass is 32.2. The molecule has 0 saturated carbocycles. The molecule has 0 spiro atoms. The molecule has 2 N–H and O–H groups in total. The first-order chi connectivity index (χ1) is 12.5. The van der Waals surface area contributed by atoms with Crippen LogP contribution in [0.25, 0.3) is 22.4 Å². The minimum absolute atomic E-state index is 0.229. The average molecular weight is 371 g/mol. The lowest BCUT2D eigenvalue weighted by atomic mass is 10.1. The summed E-state index contributed by atoms with van der Waals surface area (Å²) in [5, 5.41) is 12.2. The molecule has 134 valence electrons. The Kier molecular flexibility index (Phi) is 3.95. The standard InChI is InChI=1S/C17H17N5O3S/c1-17(2)14(23)22(15(24)19-17)7-8-26-16-21-20-13(25-16)11-9-18-12-6-4-3-5-10(11)12/h3-6,9,18H,7-8H2,1-2H3,(H,19,24). The van der Waals surface area contributed by atoms with Crippen LogP contribution in [0.4, 0.5) is 4.79 Å². The Hall–Kier alpha value is -2.81. The number of fused-ring (bicyclic) bond motifs is 1. The van der Waals surface area contributed by atoms with Crippen LogP contribution in [0.5, 0.6) is 0 Å². The van der Waals surface area contributed by atoms with Gasteiger partial charge in [-0.25, -0.2) is 4.79 Å². The van der Waals surface area contributed by atoms with Crippen LogP contribution in [0.1, 0.15) is 13.8 Å². The van der Waals surface area contributed by atoms with Crippen LogP contribution in [0.3, 0.4) is 0 Å². The van der Waals surface area contributed by atoms with E-state index in [1.54, 1.807) is 13.8 Å². The van der Waals surface area contributed by atoms with Crippen molar-refractivity contribution in [2.45, 2.75) is 24.6 Å². The van der Waals surface area contributed by atoms with Gasteiger partial charge in [0.2, 0.25) is 0 Å². The predicted octanol–water partition coefficient (Wildman–Crippen LogP) is 2.64. The molecule has 26 heavy (non-hydrogen) atoms. The highest BCUT2D eigenvalue weighted by molar-refractivity contribution is 7.99. The second kappa shape index (κ2) is 6.17. The van der Waals surface area contributed by atoms with E-state index in [9.17, 15) is 9.59 Å². The molecular weight excluding hydrogens is 354 g/mol. The molecule has 9 heteroatoms. The Morgan fingerprint density at radius 2 is 2.04 bits per heavy atom. The van der Waals surface area contributed by atoms with Gasteiger partial charge in [0.05, 0.1) is 5.56 Å². The number of benzene rings is 1. The van der Waals surface area contributed by atoms with E-state index < -0.39 is 5.54 Å². The Bertz CT molecular complexity index is 993. The van der Waals surface area contributed by atoms with Crippen LogP contribution in [0, 0.1) is 0 Å². The first-order valence-electron chi connectivity index (χ1n) is 8.12. The van der Waals surface area contributed by atoms with Crippen LogP contribution >= 0.6 is 11.8 Å². The fourth-order valence-corrected chi connectivity index (χ4v) is 3.56. The molecule has 2 aromatic heterocycles. The van der Waals surface area contributed by atoms with E-state index >= 15 is 0 Å². The molecule has 1 aromatic carbocycles. The van der Waals surface area contributed by atoms with Crippen LogP contribution in [-0.4, -0.2) is 49.9 Å². The Morgan fingerprint density at radius 1 is 1.23 bits per heavy atom. The van der Waals surface area contributed by atoms with Crippen LogP contribution in [0.15, 0.2) is 40.1 Å². The molecule has 1 saturated heterocycles. The number of thioether (sulfide) groups is 1. The third kappa shape index (κ3) is 2.84. The van der Waals surface area contributed by atoms with Crippen LogP contribution in [-0.2, 0) is 4.79 Å². The number of H-pyrrole nitrogens is 1. The number of carbonyl (C=O) groups excluding carboxylic acids is 2. The second-order valence-corrected chi connectivity index (χ2v) is 7.53. The maximum atomic E-state index is 12.1. The van der Waals surface area contributed by atoms with Gasteiger partial charge in [-0.1, -0.05) is 30.0 Å². The third-order valence-corrected chi connectivity index (χ3v) is 5.01. The Morgan fingerprint density at radius 3 is 2.81 bits per heavy atom. The topological polar surface area (TPSA) is 104 Å². The largest absolute Gasteiger partial charge is 0.411 e. The van der Waals surface area contributed by atoms with Gasteiger partial charge in [-0.2, -0.15) is 0 Å². The third-order valence-electron chi connectivity index (χ3n) is 4.21. The number of hydrogen-bond acceptors (Lipinski definition) is 6. The molecule has 0 atom stereocenters. The SMILES string of the molecule is CC1(C)NC(=O)N(CCSc2nnc(-c3c[nH]c4ccccc34)o2)C1=O. The van der Waals surface area contributed by atoms with Crippen molar-refractivity contribution in [1.82, 2.24) is 25.4 Å². The number of urea groups is 1. The summed E-state index contributed by atoms with van der Waals surface area (Å²) >= 11 is 1.31. The van der Waals surface area contributed by atoms with Crippen molar-refractivity contribution in [3.8, 4) is 11.5 Å². The van der Waals surface area contributed by atoms with Gasteiger partial charge in [-0.15, -0.1) is 10.2 Å². The van der Waals surface area contributed by atoms with Gasteiger partial charge in [-0.05, 0) is 19.9 Å². The van der Waals surface area contributed by atoms with Crippen molar-refractivity contribution < 1.29 is 14.0 Å². The zero-order valence-electron chi connectivity index (χ0n) is 14.3. The fraction of sp³-hybridized carbons (Fsp3) is 0.294. The van der Waals surface area contributed by atoms with Crippen molar-refractivity contribution in [2.75, 3.05) is 12.3 Å². The summed E-state index contributed by atoms with van der Waals surface area (Å²) in [6.07, 6.45) is 1.84. The van der Waals surface area contributed by atoms with Crippen molar-refractivity contribution in [3.63, 3.8) is 0 Å². The van der Waals surface area contributed by atoms with E-state index in [2.05, 4.69) is 20.5 Å². The quantitative estimate of drug-likeness (QED) is 0.528. The maximum Gasteiger partial charge on any atom is 0.325 e. The number of imide groups is 1. The van der Waals surface area contributed by atoms with Gasteiger partial charge in [0.25, 0.3) is 17.0 Å². The summed E-state index contributed by atoms with van der Waals surface area (Å²) in [6, 6.07) is 7.49. The van der Waals surface area contributed by atoms with Crippen molar-refractivity contribution >= 4 is 34.6 Å². The number of aromatic nitrogens is 3. The van der Waals surface area contributed by atoms with Crippen LogP contribution in [0.2, 0.25) is 0 Å². The number of hydrogen-bond donors (Lipinski definition) is 2. The minimum atomic E-state index is -0.852. The molecule has 1 aliphatic heterocycles. The van der Waals surface area contributed by atoms with E-state index in [1.807, 2.05) is 30.5 Å². The van der Waals surface area contributed by atoms with E-state index in [0.29, 0.717) is 16.9 Å². The normalized spacial score (nSPS) is 16.5. The summed E-state index contributed by atoms with van der Waals surface area (Å²) in [6.45, 7) is 3.65. The summed E-state index contributed by atoms with van der Waals surface area (Å²) in [5.74, 6) is 0.680. The molecular formula is C17H17N5O3S. The van der Waals surface area contributed by atoms with Gasteiger partial charge in [-0.3, -0.25) is 9.69 Å². The van der Waals surface area contributed by atoms with Crippen molar-refractivity contribution in [2.24, 2.45) is 0 Å². The number of amides is 3. The molecule has 1 aliphatic rings. The van der Waals surface area contributed by atoms with Gasteiger partial charge < -0.3 is 14.7 Å². The molecule has 0 unspecified atom stereocenters. The molecule has 3 amide bonds. The molecule has 8 nitrogen and oxygen atoms in total. The Balaban J connectivity index is 1.42. The molecule has 4 rings (SSSR count). The van der Waals surface area contributed by atoms with E-state index in [1.165, 1.54) is 16.7 Å². The van der Waals surface area contributed by atoms with E-state index in [4.69, 9.17) is 4.42 Å². The van der Waals surface area contributed by atoms with Crippen molar-refractivity contribution in [1.29, 1.82) is 0 Å². The molecule has 0 aliphatic carbocycles. The lowest BCUT2D eigenvalue weighted by Crippen LogP contribution is -2.40. The minimum Gasteiger partial charge on any atom is -0.411 e. The summed E-state index contributed by atoms with van der Waals surface area (Å²) < 4.78 is 5.71. The van der Waals surface area contributed by atoms with E-state index in [0.717, 1.165) is 16.5 Å². The number of nitrogens with zero attached hydrogens (tertiary/aromatic N) is 3. The Labute approximate surface area is 153 Å². The molecule has 1 fully saturated rings. The number of nitrogens with one attached hydrogen (secondary N) is 2. The highest BCUT2D eigenvalue weighted by Crippen LogP contribution is 2.29. The number of carbonyl (C=O) groups is 2. The predicted molar refractivity (Wildman–Crippen MR) is 96.6 cm³/mol. The smallest absolute Gasteiger partial charge is 0.325 e. The average Bonchev–Trinajstić information content (AvgIpc) is 3.28. The van der Waals surface area contributed by atoms with Crippen molar-refractivity contribution in [3.05, 3.63) is 30.5 Å². The van der Waals surface area contributed by atoms with Gasteiger partial charge in [0, 0.05) is 29.4 Å². The number of aromatic amines is 1. The summed E-state index contributed by atoms with van der Waals surface area (Å²) in [5.41, 5.74) is 0.987.